The van der Waals surface area contributed by atoms with Crippen molar-refractivity contribution >= 4 is 29.1 Å². The SMILES string of the molecule is Cc1ccncc1C1SC=CN1c1ccc(Cl)cc1. The largest absolute Gasteiger partial charge is 0.330 e. The van der Waals surface area contributed by atoms with Crippen molar-refractivity contribution in [2.45, 2.75) is 12.3 Å². The summed E-state index contributed by atoms with van der Waals surface area (Å²) in [6.45, 7) is 2.12. The summed E-state index contributed by atoms with van der Waals surface area (Å²) in [4.78, 5) is 6.48. The summed E-state index contributed by atoms with van der Waals surface area (Å²) >= 11 is 7.73. The third kappa shape index (κ3) is 2.48. The Kier molecular flexibility index (Phi) is 3.49. The lowest BCUT2D eigenvalue weighted by Gasteiger charge is -2.26. The number of halogens is 1. The third-order valence-electron chi connectivity index (χ3n) is 3.15. The van der Waals surface area contributed by atoms with Crippen LogP contribution >= 0.6 is 23.4 Å². The Labute approximate surface area is 122 Å². The maximum Gasteiger partial charge on any atom is 0.110 e. The van der Waals surface area contributed by atoms with Crippen molar-refractivity contribution in [3.05, 3.63) is 70.5 Å². The number of nitrogens with zero attached hydrogens (tertiary/aromatic N) is 2. The van der Waals surface area contributed by atoms with E-state index < -0.39 is 0 Å². The number of rotatable bonds is 2. The normalized spacial score (nSPS) is 18.0. The van der Waals surface area contributed by atoms with Crippen molar-refractivity contribution in [1.29, 1.82) is 0 Å². The van der Waals surface area contributed by atoms with Gasteiger partial charge in [-0.3, -0.25) is 4.98 Å². The maximum atomic E-state index is 5.95. The van der Waals surface area contributed by atoms with Gasteiger partial charge in [0.1, 0.15) is 5.37 Å². The fourth-order valence-electron chi connectivity index (χ4n) is 2.11. The fourth-order valence-corrected chi connectivity index (χ4v) is 3.30. The number of hydrogen-bond donors (Lipinski definition) is 0. The molecule has 1 unspecified atom stereocenters. The summed E-state index contributed by atoms with van der Waals surface area (Å²) in [6.07, 6.45) is 5.88. The Morgan fingerprint density at radius 1 is 1.21 bits per heavy atom. The molecule has 3 rings (SSSR count). The molecule has 0 aliphatic carbocycles. The van der Waals surface area contributed by atoms with Crippen molar-refractivity contribution in [1.82, 2.24) is 4.98 Å². The molecule has 0 N–H and O–H groups in total. The molecule has 96 valence electrons. The van der Waals surface area contributed by atoms with Gasteiger partial charge < -0.3 is 4.90 Å². The summed E-state index contributed by atoms with van der Waals surface area (Å²) in [5.74, 6) is 0. The molecule has 2 heterocycles. The summed E-state index contributed by atoms with van der Waals surface area (Å²) in [5, 5.41) is 3.12. The molecule has 0 saturated carbocycles. The van der Waals surface area contributed by atoms with Gasteiger partial charge in [0.25, 0.3) is 0 Å². The van der Waals surface area contributed by atoms with Gasteiger partial charge >= 0.3 is 0 Å². The molecule has 2 nitrogen and oxygen atoms in total. The molecule has 0 radical (unpaired) electrons. The minimum Gasteiger partial charge on any atom is -0.330 e. The summed E-state index contributed by atoms with van der Waals surface area (Å²) in [7, 11) is 0. The van der Waals surface area contributed by atoms with Crippen molar-refractivity contribution in [3.63, 3.8) is 0 Å². The number of hydrogen-bond acceptors (Lipinski definition) is 3. The number of anilines is 1. The van der Waals surface area contributed by atoms with Crippen LogP contribution in [-0.4, -0.2) is 4.98 Å². The molecule has 0 amide bonds. The molecule has 19 heavy (non-hydrogen) atoms. The highest BCUT2D eigenvalue weighted by Crippen LogP contribution is 2.42. The number of aryl methyl sites for hydroxylation is 1. The predicted octanol–water partition coefficient (Wildman–Crippen LogP) is 4.77. The van der Waals surface area contributed by atoms with Gasteiger partial charge in [0, 0.05) is 34.9 Å². The van der Waals surface area contributed by atoms with Crippen LogP contribution in [-0.2, 0) is 0 Å². The third-order valence-corrected chi connectivity index (χ3v) is 4.42. The van der Waals surface area contributed by atoms with Crippen LogP contribution in [0, 0.1) is 6.92 Å². The summed E-state index contributed by atoms with van der Waals surface area (Å²) < 4.78 is 0. The smallest absolute Gasteiger partial charge is 0.110 e. The van der Waals surface area contributed by atoms with Crippen LogP contribution in [0.2, 0.25) is 5.02 Å². The molecule has 1 aromatic heterocycles. The van der Waals surface area contributed by atoms with Crippen LogP contribution in [0.3, 0.4) is 0 Å². The highest BCUT2D eigenvalue weighted by molar-refractivity contribution is 8.02. The number of aromatic nitrogens is 1. The summed E-state index contributed by atoms with van der Waals surface area (Å²) in [6, 6.07) is 9.96. The van der Waals surface area contributed by atoms with Crippen molar-refractivity contribution in [2.24, 2.45) is 0 Å². The van der Waals surface area contributed by atoms with Crippen LogP contribution in [0.5, 0.6) is 0 Å². The van der Waals surface area contributed by atoms with Crippen LogP contribution in [0.15, 0.2) is 54.3 Å². The second kappa shape index (κ2) is 5.27. The van der Waals surface area contributed by atoms with Crippen LogP contribution < -0.4 is 4.90 Å². The number of benzene rings is 1. The molecule has 0 fully saturated rings. The van der Waals surface area contributed by atoms with E-state index in [1.807, 2.05) is 42.7 Å². The highest BCUT2D eigenvalue weighted by atomic mass is 35.5. The van der Waals surface area contributed by atoms with Gasteiger partial charge in [-0.05, 0) is 48.2 Å². The average molecular weight is 289 g/mol. The molecule has 2 aromatic rings. The molecule has 0 bridgehead atoms. The van der Waals surface area contributed by atoms with E-state index in [-0.39, 0.29) is 5.37 Å². The van der Waals surface area contributed by atoms with E-state index >= 15 is 0 Å². The molecule has 0 spiro atoms. The van der Waals surface area contributed by atoms with E-state index in [0.29, 0.717) is 0 Å². The second-order valence-electron chi connectivity index (χ2n) is 4.39. The molecular formula is C15H13ClN2S. The molecular weight excluding hydrogens is 276 g/mol. The van der Waals surface area contributed by atoms with Gasteiger partial charge in [0.2, 0.25) is 0 Å². The summed E-state index contributed by atoms with van der Waals surface area (Å²) in [5.41, 5.74) is 3.64. The average Bonchev–Trinajstić information content (AvgIpc) is 2.89. The highest BCUT2D eigenvalue weighted by Gasteiger charge is 2.24. The van der Waals surface area contributed by atoms with Crippen LogP contribution in [0.1, 0.15) is 16.5 Å². The van der Waals surface area contributed by atoms with Crippen LogP contribution in [0.25, 0.3) is 0 Å². The standard InChI is InChI=1S/C15H13ClN2S/c1-11-6-7-17-10-14(11)15-18(8-9-19-15)13-4-2-12(16)3-5-13/h2-10,15H,1H3. The maximum absolute atomic E-state index is 5.95. The Morgan fingerprint density at radius 3 is 2.74 bits per heavy atom. The first-order valence-corrected chi connectivity index (χ1v) is 7.34. The Hall–Kier alpha value is -1.45. The predicted molar refractivity (Wildman–Crippen MR) is 82.4 cm³/mol. The molecule has 1 aromatic carbocycles. The van der Waals surface area contributed by atoms with Crippen molar-refractivity contribution in [3.8, 4) is 0 Å². The van der Waals surface area contributed by atoms with Gasteiger partial charge in [-0.25, -0.2) is 0 Å². The van der Waals surface area contributed by atoms with Crippen molar-refractivity contribution < 1.29 is 0 Å². The van der Waals surface area contributed by atoms with Gasteiger partial charge in [0.15, 0.2) is 0 Å². The second-order valence-corrected chi connectivity index (χ2v) is 5.82. The van der Waals surface area contributed by atoms with E-state index in [0.717, 1.165) is 10.7 Å². The van der Waals surface area contributed by atoms with E-state index in [2.05, 4.69) is 28.4 Å². The van der Waals surface area contributed by atoms with Gasteiger partial charge in [-0.2, -0.15) is 0 Å². The molecule has 4 heteroatoms. The minimum absolute atomic E-state index is 0.245. The number of thioether (sulfide) groups is 1. The lowest BCUT2D eigenvalue weighted by Crippen LogP contribution is -2.17. The molecule has 1 aliphatic rings. The monoisotopic (exact) mass is 288 g/mol. The van der Waals surface area contributed by atoms with Gasteiger partial charge in [-0.15, -0.1) is 11.8 Å². The zero-order valence-corrected chi connectivity index (χ0v) is 12.0. The number of pyridine rings is 1. The van der Waals surface area contributed by atoms with Crippen molar-refractivity contribution in [2.75, 3.05) is 4.90 Å². The topological polar surface area (TPSA) is 16.1 Å². The Balaban J connectivity index is 1.95. The Morgan fingerprint density at radius 2 is 2.00 bits per heavy atom. The zero-order valence-electron chi connectivity index (χ0n) is 10.5. The quantitative estimate of drug-likeness (QED) is 0.792. The first kappa shape index (κ1) is 12.6. The molecule has 0 saturated heterocycles. The van der Waals surface area contributed by atoms with Crippen LogP contribution in [0.4, 0.5) is 5.69 Å². The Bertz CT molecular complexity index is 610. The molecule has 1 atom stereocenters. The minimum atomic E-state index is 0.245. The van der Waals surface area contributed by atoms with Gasteiger partial charge in [0.05, 0.1) is 0 Å². The fraction of sp³-hybridized carbons (Fsp3) is 0.133. The van der Waals surface area contributed by atoms with E-state index in [9.17, 15) is 0 Å². The zero-order chi connectivity index (χ0) is 13.2. The van der Waals surface area contributed by atoms with E-state index in [1.54, 1.807) is 11.8 Å². The lowest BCUT2D eigenvalue weighted by atomic mass is 10.1. The van der Waals surface area contributed by atoms with E-state index in [1.165, 1.54) is 11.1 Å². The lowest BCUT2D eigenvalue weighted by molar-refractivity contribution is 0.935. The molecule has 1 aliphatic heterocycles. The van der Waals surface area contributed by atoms with Gasteiger partial charge in [-0.1, -0.05) is 11.6 Å². The first-order chi connectivity index (χ1) is 9.25. The first-order valence-electron chi connectivity index (χ1n) is 6.02. The van der Waals surface area contributed by atoms with E-state index in [4.69, 9.17) is 11.6 Å².